The van der Waals surface area contributed by atoms with Crippen molar-refractivity contribution in [3.05, 3.63) is 66.2 Å². The summed E-state index contributed by atoms with van der Waals surface area (Å²) < 4.78 is 11.0. The van der Waals surface area contributed by atoms with E-state index < -0.39 is 0 Å². The number of nitrogens with one attached hydrogen (secondary N) is 1. The van der Waals surface area contributed by atoms with E-state index in [0.717, 1.165) is 34.7 Å². The molecule has 0 fully saturated rings. The highest BCUT2D eigenvalue weighted by atomic mass is 16.5. The molecule has 2 aromatic carbocycles. The molecule has 0 radical (unpaired) electrons. The molecule has 0 heterocycles. The summed E-state index contributed by atoms with van der Waals surface area (Å²) in [5.41, 5.74) is 3.32. The number of quaternary nitrogens is 1. The normalized spacial score (nSPS) is 11.4. The molecule has 0 aliphatic heterocycles. The molecule has 3 heteroatoms. The summed E-state index contributed by atoms with van der Waals surface area (Å²) in [6.07, 6.45) is 5.36. The Balaban J connectivity index is 1.96. The minimum absolute atomic E-state index is 0.514. The SMILES string of the molecule is C#CC[NH+](C)CC(=C)c1cccc(COc2ccc(OC)cc2)c1. The van der Waals surface area contributed by atoms with Crippen LogP contribution in [0, 0.1) is 12.3 Å². The smallest absolute Gasteiger partial charge is 0.139 e. The van der Waals surface area contributed by atoms with Gasteiger partial charge in [0.2, 0.25) is 0 Å². The predicted molar refractivity (Wildman–Crippen MR) is 98.3 cm³/mol. The van der Waals surface area contributed by atoms with Crippen LogP contribution in [0.4, 0.5) is 0 Å². The van der Waals surface area contributed by atoms with Crippen molar-refractivity contribution in [3.63, 3.8) is 0 Å². The maximum atomic E-state index is 5.83. The lowest BCUT2D eigenvalue weighted by atomic mass is 10.0. The Hall–Kier alpha value is -2.70. The second-order valence-electron chi connectivity index (χ2n) is 5.78. The van der Waals surface area contributed by atoms with Gasteiger partial charge >= 0.3 is 0 Å². The third-order valence-electron chi connectivity index (χ3n) is 3.72. The third-order valence-corrected chi connectivity index (χ3v) is 3.72. The molecule has 0 aromatic heterocycles. The summed E-state index contributed by atoms with van der Waals surface area (Å²) in [7, 11) is 3.72. The van der Waals surface area contributed by atoms with Gasteiger partial charge in [0.25, 0.3) is 0 Å². The molecule has 124 valence electrons. The molecule has 3 nitrogen and oxygen atoms in total. The first kappa shape index (κ1) is 17.7. The highest BCUT2D eigenvalue weighted by Gasteiger charge is 2.07. The molecule has 1 N–H and O–H groups in total. The molecule has 1 unspecified atom stereocenters. The summed E-state index contributed by atoms with van der Waals surface area (Å²) in [5.74, 6) is 4.31. The first-order valence-electron chi connectivity index (χ1n) is 7.91. The lowest BCUT2D eigenvalue weighted by molar-refractivity contribution is -0.863. The van der Waals surface area contributed by atoms with Crippen LogP contribution in [-0.4, -0.2) is 27.2 Å². The van der Waals surface area contributed by atoms with Gasteiger partial charge in [-0.3, -0.25) is 0 Å². The van der Waals surface area contributed by atoms with Crippen molar-refractivity contribution in [2.75, 3.05) is 27.2 Å². The summed E-state index contributed by atoms with van der Waals surface area (Å²) in [5, 5.41) is 0. The standard InChI is InChI=1S/C21H23NO2/c1-5-13-22(3)15-17(2)19-8-6-7-18(14-19)16-24-21-11-9-20(23-4)10-12-21/h1,6-12,14H,2,13,15-16H2,3-4H3/p+1. The molecular weight excluding hydrogens is 298 g/mol. The van der Waals surface area contributed by atoms with Crippen molar-refractivity contribution in [2.45, 2.75) is 6.61 Å². The van der Waals surface area contributed by atoms with Crippen molar-refractivity contribution in [1.82, 2.24) is 0 Å². The van der Waals surface area contributed by atoms with E-state index in [4.69, 9.17) is 15.9 Å². The Bertz CT molecular complexity index is 713. The molecule has 0 bridgehead atoms. The number of likely N-dealkylation sites (N-methyl/N-ethyl adjacent to an activating group) is 1. The van der Waals surface area contributed by atoms with Crippen molar-refractivity contribution in [1.29, 1.82) is 0 Å². The number of hydrogen-bond acceptors (Lipinski definition) is 2. The van der Waals surface area contributed by atoms with Gasteiger partial charge in [0.1, 0.15) is 31.2 Å². The molecule has 0 saturated carbocycles. The Kier molecular flexibility index (Phi) is 6.48. The van der Waals surface area contributed by atoms with Gasteiger partial charge in [-0.15, -0.1) is 6.42 Å². The summed E-state index contributed by atoms with van der Waals surface area (Å²) in [6, 6.07) is 15.9. The van der Waals surface area contributed by atoms with Crippen LogP contribution in [0.2, 0.25) is 0 Å². The van der Waals surface area contributed by atoms with Crippen molar-refractivity contribution in [2.24, 2.45) is 0 Å². The summed E-state index contributed by atoms with van der Waals surface area (Å²) >= 11 is 0. The summed E-state index contributed by atoms with van der Waals surface area (Å²) in [4.78, 5) is 1.25. The number of ether oxygens (including phenoxy) is 2. The number of terminal acetylenes is 1. The average Bonchev–Trinajstić information content (AvgIpc) is 2.61. The van der Waals surface area contributed by atoms with Crippen LogP contribution in [0.25, 0.3) is 5.57 Å². The van der Waals surface area contributed by atoms with E-state index in [1.807, 2.05) is 30.3 Å². The van der Waals surface area contributed by atoms with E-state index in [1.54, 1.807) is 7.11 Å². The number of rotatable bonds is 8. The molecule has 0 spiro atoms. The molecule has 24 heavy (non-hydrogen) atoms. The van der Waals surface area contributed by atoms with Gasteiger partial charge in [0.15, 0.2) is 0 Å². The second kappa shape index (κ2) is 8.81. The highest BCUT2D eigenvalue weighted by Crippen LogP contribution is 2.19. The zero-order valence-electron chi connectivity index (χ0n) is 14.3. The lowest BCUT2D eigenvalue weighted by Crippen LogP contribution is -3.08. The molecule has 0 amide bonds. The zero-order chi connectivity index (χ0) is 17.4. The number of hydrogen-bond donors (Lipinski definition) is 1. The molecule has 2 aromatic rings. The maximum Gasteiger partial charge on any atom is 0.139 e. The van der Waals surface area contributed by atoms with Gasteiger partial charge < -0.3 is 14.4 Å². The average molecular weight is 322 g/mol. The van der Waals surface area contributed by atoms with E-state index in [-0.39, 0.29) is 0 Å². The fraction of sp³-hybridized carbons (Fsp3) is 0.238. The van der Waals surface area contributed by atoms with Crippen LogP contribution in [0.1, 0.15) is 11.1 Å². The molecule has 0 saturated heterocycles. The first-order valence-corrected chi connectivity index (χ1v) is 7.91. The third kappa shape index (κ3) is 5.19. The van der Waals surface area contributed by atoms with Crippen LogP contribution in [0.15, 0.2) is 55.1 Å². The van der Waals surface area contributed by atoms with Crippen molar-refractivity contribution in [3.8, 4) is 23.8 Å². The van der Waals surface area contributed by atoms with Crippen LogP contribution >= 0.6 is 0 Å². The van der Waals surface area contributed by atoms with E-state index in [1.165, 1.54) is 4.90 Å². The Morgan fingerprint density at radius 1 is 1.17 bits per heavy atom. The Labute approximate surface area is 144 Å². The Morgan fingerprint density at radius 2 is 1.88 bits per heavy atom. The second-order valence-corrected chi connectivity index (χ2v) is 5.78. The van der Waals surface area contributed by atoms with Gasteiger partial charge in [0, 0.05) is 5.57 Å². The van der Waals surface area contributed by atoms with Gasteiger partial charge in [0.05, 0.1) is 14.2 Å². The van der Waals surface area contributed by atoms with Crippen LogP contribution in [-0.2, 0) is 6.61 Å². The van der Waals surface area contributed by atoms with Gasteiger partial charge in [-0.1, -0.05) is 24.8 Å². The van der Waals surface area contributed by atoms with Crippen LogP contribution in [0.3, 0.4) is 0 Å². The molecule has 1 atom stereocenters. The fourth-order valence-electron chi connectivity index (χ4n) is 2.42. The molecule has 2 rings (SSSR count). The Morgan fingerprint density at radius 3 is 2.54 bits per heavy atom. The fourth-order valence-corrected chi connectivity index (χ4v) is 2.42. The van der Waals surface area contributed by atoms with Gasteiger partial charge in [-0.05, 0) is 47.4 Å². The minimum atomic E-state index is 0.514. The van der Waals surface area contributed by atoms with Crippen molar-refractivity contribution >= 4 is 5.57 Å². The largest absolute Gasteiger partial charge is 0.497 e. The summed E-state index contributed by atoms with van der Waals surface area (Å²) in [6.45, 7) is 6.22. The highest BCUT2D eigenvalue weighted by molar-refractivity contribution is 5.64. The predicted octanol–water partition coefficient (Wildman–Crippen LogP) is 2.44. The lowest BCUT2D eigenvalue weighted by Gasteiger charge is -2.14. The molecule has 0 aliphatic carbocycles. The van der Waals surface area contributed by atoms with E-state index in [9.17, 15) is 0 Å². The topological polar surface area (TPSA) is 22.9 Å². The van der Waals surface area contributed by atoms with Crippen LogP contribution in [0.5, 0.6) is 11.5 Å². The monoisotopic (exact) mass is 322 g/mol. The minimum Gasteiger partial charge on any atom is -0.497 e. The van der Waals surface area contributed by atoms with E-state index in [0.29, 0.717) is 13.2 Å². The number of methoxy groups -OCH3 is 1. The van der Waals surface area contributed by atoms with Gasteiger partial charge in [-0.2, -0.15) is 0 Å². The van der Waals surface area contributed by atoms with Crippen LogP contribution < -0.4 is 14.4 Å². The van der Waals surface area contributed by atoms with Gasteiger partial charge in [-0.25, -0.2) is 0 Å². The molecule has 0 aliphatic rings. The van der Waals surface area contributed by atoms with Crippen molar-refractivity contribution < 1.29 is 14.4 Å². The van der Waals surface area contributed by atoms with E-state index >= 15 is 0 Å². The quantitative estimate of drug-likeness (QED) is 0.755. The zero-order valence-corrected chi connectivity index (χ0v) is 14.3. The molecular formula is C21H24NO2+. The maximum absolute atomic E-state index is 5.83. The van der Waals surface area contributed by atoms with E-state index in [2.05, 4.69) is 37.7 Å². The number of benzene rings is 2. The first-order chi connectivity index (χ1) is 11.6.